The molecule has 0 fully saturated rings. The van der Waals surface area contributed by atoms with E-state index in [4.69, 9.17) is 16.3 Å². The van der Waals surface area contributed by atoms with Gasteiger partial charge in [0.15, 0.2) is 0 Å². The summed E-state index contributed by atoms with van der Waals surface area (Å²) in [6, 6.07) is 5.89. The lowest BCUT2D eigenvalue weighted by atomic mass is 9.95. The number of methoxy groups -OCH3 is 1. The molecular formula is C15H16ClFN2O. The molecule has 20 heavy (non-hydrogen) atoms. The molecule has 0 aliphatic heterocycles. The monoisotopic (exact) mass is 294 g/mol. The third kappa shape index (κ3) is 3.07. The number of aromatic nitrogens is 2. The van der Waals surface area contributed by atoms with Gasteiger partial charge in [-0.1, -0.05) is 32.4 Å². The summed E-state index contributed by atoms with van der Waals surface area (Å²) in [5.74, 6) is 0.792. The second-order valence-corrected chi connectivity index (χ2v) is 5.88. The van der Waals surface area contributed by atoms with Gasteiger partial charge >= 0.3 is 0 Å². The average molecular weight is 295 g/mol. The molecule has 0 saturated carbocycles. The number of hydrogen-bond acceptors (Lipinski definition) is 3. The minimum atomic E-state index is -0.354. The van der Waals surface area contributed by atoms with Crippen LogP contribution < -0.4 is 4.74 Å². The molecule has 5 heteroatoms. The Balaban J connectivity index is 2.64. The van der Waals surface area contributed by atoms with Gasteiger partial charge in [0, 0.05) is 17.0 Å². The lowest BCUT2D eigenvalue weighted by Crippen LogP contribution is -2.16. The van der Waals surface area contributed by atoms with E-state index in [0.717, 1.165) is 0 Å². The Morgan fingerprint density at radius 2 is 1.85 bits per heavy atom. The van der Waals surface area contributed by atoms with Crippen LogP contribution in [0.4, 0.5) is 4.39 Å². The normalized spacial score (nSPS) is 11.5. The summed E-state index contributed by atoms with van der Waals surface area (Å²) in [4.78, 5) is 8.71. The molecule has 0 atom stereocenters. The first-order chi connectivity index (χ1) is 9.31. The Hall–Kier alpha value is -1.68. The highest BCUT2D eigenvalue weighted by Crippen LogP contribution is 2.32. The molecule has 2 aromatic rings. The van der Waals surface area contributed by atoms with E-state index in [0.29, 0.717) is 28.0 Å². The first-order valence-electron chi connectivity index (χ1n) is 6.20. The molecule has 106 valence electrons. The van der Waals surface area contributed by atoms with E-state index < -0.39 is 0 Å². The van der Waals surface area contributed by atoms with Crippen LogP contribution in [-0.2, 0) is 5.41 Å². The van der Waals surface area contributed by atoms with Crippen LogP contribution in [0.3, 0.4) is 0 Å². The van der Waals surface area contributed by atoms with Gasteiger partial charge < -0.3 is 4.74 Å². The van der Waals surface area contributed by atoms with E-state index in [1.54, 1.807) is 12.1 Å². The van der Waals surface area contributed by atoms with Gasteiger partial charge in [0.2, 0.25) is 0 Å². The highest BCUT2D eigenvalue weighted by atomic mass is 35.5. The third-order valence-corrected chi connectivity index (χ3v) is 3.00. The fraction of sp³-hybridized carbons (Fsp3) is 0.333. The standard InChI is InChI=1S/C15H16ClFN2O/c1-15(2,3)14-18-11(8-13(16)19-14)10-7-9(17)5-6-12(10)20-4/h5-8H,1-4H3. The lowest BCUT2D eigenvalue weighted by Gasteiger charge is -2.18. The van der Waals surface area contributed by atoms with E-state index in [1.165, 1.54) is 19.2 Å². The van der Waals surface area contributed by atoms with Crippen LogP contribution in [0, 0.1) is 5.82 Å². The molecule has 3 nitrogen and oxygen atoms in total. The largest absolute Gasteiger partial charge is 0.496 e. The molecule has 0 saturated heterocycles. The van der Waals surface area contributed by atoms with E-state index in [1.807, 2.05) is 20.8 Å². The van der Waals surface area contributed by atoms with Crippen LogP contribution in [0.5, 0.6) is 5.75 Å². The number of benzene rings is 1. The van der Waals surface area contributed by atoms with Crippen molar-refractivity contribution in [3.63, 3.8) is 0 Å². The van der Waals surface area contributed by atoms with Crippen molar-refractivity contribution >= 4 is 11.6 Å². The molecule has 0 amide bonds. The highest BCUT2D eigenvalue weighted by Gasteiger charge is 2.20. The summed E-state index contributed by atoms with van der Waals surface area (Å²) >= 11 is 6.06. The summed E-state index contributed by atoms with van der Waals surface area (Å²) in [5.41, 5.74) is 0.855. The number of rotatable bonds is 2. The van der Waals surface area contributed by atoms with Crippen LogP contribution >= 0.6 is 11.6 Å². The average Bonchev–Trinajstić information content (AvgIpc) is 2.37. The predicted molar refractivity (Wildman–Crippen MR) is 77.7 cm³/mol. The lowest BCUT2D eigenvalue weighted by molar-refractivity contribution is 0.415. The Bertz CT molecular complexity index is 638. The predicted octanol–water partition coefficient (Wildman–Crippen LogP) is 4.24. The molecule has 1 heterocycles. The first kappa shape index (κ1) is 14.7. The zero-order chi connectivity index (χ0) is 14.9. The van der Waals surface area contributed by atoms with E-state index in [9.17, 15) is 4.39 Å². The van der Waals surface area contributed by atoms with Crippen LogP contribution in [0.25, 0.3) is 11.3 Å². The minimum Gasteiger partial charge on any atom is -0.496 e. The summed E-state index contributed by atoms with van der Waals surface area (Å²) in [6.45, 7) is 5.97. The maximum Gasteiger partial charge on any atom is 0.136 e. The summed E-state index contributed by atoms with van der Waals surface area (Å²) in [5, 5.41) is 0.325. The smallest absolute Gasteiger partial charge is 0.136 e. The Morgan fingerprint density at radius 1 is 1.15 bits per heavy atom. The number of halogens is 2. The summed E-state index contributed by atoms with van der Waals surface area (Å²) in [7, 11) is 1.53. The van der Waals surface area contributed by atoms with Gasteiger partial charge in [0.05, 0.1) is 12.8 Å². The van der Waals surface area contributed by atoms with Gasteiger partial charge in [0.1, 0.15) is 22.5 Å². The second-order valence-electron chi connectivity index (χ2n) is 5.49. The molecule has 1 aromatic heterocycles. The van der Waals surface area contributed by atoms with Gasteiger partial charge in [-0.3, -0.25) is 0 Å². The minimum absolute atomic E-state index is 0.250. The van der Waals surface area contributed by atoms with Crippen molar-refractivity contribution < 1.29 is 9.13 Å². The van der Waals surface area contributed by atoms with Gasteiger partial charge in [-0.2, -0.15) is 0 Å². The quantitative estimate of drug-likeness (QED) is 0.777. The Morgan fingerprint density at radius 3 is 2.45 bits per heavy atom. The molecule has 0 N–H and O–H groups in total. The number of nitrogens with zero attached hydrogens (tertiary/aromatic N) is 2. The zero-order valence-electron chi connectivity index (χ0n) is 11.9. The van der Waals surface area contributed by atoms with Crippen LogP contribution in [-0.4, -0.2) is 17.1 Å². The Kier molecular flexibility index (Phi) is 3.95. The maximum absolute atomic E-state index is 13.5. The fourth-order valence-electron chi connectivity index (χ4n) is 1.77. The number of hydrogen-bond donors (Lipinski definition) is 0. The summed E-state index contributed by atoms with van der Waals surface area (Å²) < 4.78 is 18.7. The third-order valence-electron chi connectivity index (χ3n) is 2.80. The molecule has 2 rings (SSSR count). The van der Waals surface area contributed by atoms with Gasteiger partial charge in [-0.05, 0) is 18.2 Å². The summed E-state index contributed by atoms with van der Waals surface area (Å²) in [6.07, 6.45) is 0. The molecule has 0 aliphatic carbocycles. The molecule has 0 bridgehead atoms. The molecule has 0 radical (unpaired) electrons. The molecular weight excluding hydrogens is 279 g/mol. The maximum atomic E-state index is 13.5. The molecule has 0 spiro atoms. The van der Waals surface area contributed by atoms with Crippen molar-refractivity contribution in [3.8, 4) is 17.0 Å². The fourth-order valence-corrected chi connectivity index (χ4v) is 1.95. The molecule has 0 unspecified atom stereocenters. The van der Waals surface area contributed by atoms with Gasteiger partial charge in [-0.15, -0.1) is 0 Å². The zero-order valence-corrected chi connectivity index (χ0v) is 12.6. The van der Waals surface area contributed by atoms with Crippen molar-refractivity contribution in [2.24, 2.45) is 0 Å². The van der Waals surface area contributed by atoms with E-state index >= 15 is 0 Å². The van der Waals surface area contributed by atoms with Gasteiger partial charge in [0.25, 0.3) is 0 Å². The first-order valence-corrected chi connectivity index (χ1v) is 6.58. The van der Waals surface area contributed by atoms with E-state index in [-0.39, 0.29) is 11.2 Å². The highest BCUT2D eigenvalue weighted by molar-refractivity contribution is 6.29. The van der Waals surface area contributed by atoms with E-state index in [2.05, 4.69) is 9.97 Å². The van der Waals surface area contributed by atoms with Crippen molar-refractivity contribution in [2.75, 3.05) is 7.11 Å². The topological polar surface area (TPSA) is 35.0 Å². The van der Waals surface area contributed by atoms with Crippen molar-refractivity contribution in [3.05, 3.63) is 41.1 Å². The number of ether oxygens (including phenoxy) is 1. The second kappa shape index (κ2) is 5.37. The molecule has 0 aliphatic rings. The van der Waals surface area contributed by atoms with Crippen LogP contribution in [0.15, 0.2) is 24.3 Å². The van der Waals surface area contributed by atoms with Crippen LogP contribution in [0.2, 0.25) is 5.15 Å². The van der Waals surface area contributed by atoms with Crippen molar-refractivity contribution in [2.45, 2.75) is 26.2 Å². The van der Waals surface area contributed by atoms with Crippen LogP contribution in [0.1, 0.15) is 26.6 Å². The van der Waals surface area contributed by atoms with Crippen molar-refractivity contribution in [1.82, 2.24) is 9.97 Å². The Labute approximate surface area is 122 Å². The SMILES string of the molecule is COc1ccc(F)cc1-c1cc(Cl)nc(C(C)(C)C)n1. The van der Waals surface area contributed by atoms with Crippen molar-refractivity contribution in [1.29, 1.82) is 0 Å². The molecule has 1 aromatic carbocycles. The van der Waals surface area contributed by atoms with Gasteiger partial charge in [-0.25, -0.2) is 14.4 Å².